The fraction of sp³-hybridized carbons (Fsp3) is 0.588. The third-order valence-corrected chi connectivity index (χ3v) is 4.04. The fourth-order valence-corrected chi connectivity index (χ4v) is 2.70. The maximum Gasteiger partial charge on any atom is 0.191 e. The van der Waals surface area contributed by atoms with Gasteiger partial charge < -0.3 is 20.5 Å². The molecule has 1 saturated carbocycles. The molecule has 130 valence electrons. The Balaban J connectivity index is 0.00000264. The summed E-state index contributed by atoms with van der Waals surface area (Å²) in [6.07, 6.45) is 3.96. The molecule has 0 unspecified atom stereocenters. The molecule has 1 aliphatic carbocycles. The standard InChI is InChI=1S/C17H27N3O2.HI/c1-3-18-16(20-13-17(21)10-4-5-11-17)19-12-14-6-8-15(22-2)9-7-14;/h6-9,21H,3-5,10-13H2,1-2H3,(H2,18,19,20);1H. The predicted molar refractivity (Wildman–Crippen MR) is 105 cm³/mol. The SMILES string of the molecule is CCNC(=NCc1ccc(OC)cc1)NCC1(O)CCCC1.I. The Labute approximate surface area is 155 Å². The van der Waals surface area contributed by atoms with E-state index in [1.54, 1.807) is 7.11 Å². The van der Waals surface area contributed by atoms with Crippen molar-refractivity contribution in [1.29, 1.82) is 0 Å². The van der Waals surface area contributed by atoms with Crippen molar-refractivity contribution in [3.63, 3.8) is 0 Å². The van der Waals surface area contributed by atoms with Crippen LogP contribution in [0.25, 0.3) is 0 Å². The highest BCUT2D eigenvalue weighted by atomic mass is 127. The summed E-state index contributed by atoms with van der Waals surface area (Å²) in [7, 11) is 1.66. The van der Waals surface area contributed by atoms with E-state index in [1.807, 2.05) is 31.2 Å². The van der Waals surface area contributed by atoms with Crippen molar-refractivity contribution in [3.8, 4) is 5.75 Å². The van der Waals surface area contributed by atoms with E-state index in [1.165, 1.54) is 0 Å². The van der Waals surface area contributed by atoms with Gasteiger partial charge in [0.25, 0.3) is 0 Å². The van der Waals surface area contributed by atoms with Crippen LogP contribution < -0.4 is 15.4 Å². The molecular formula is C17H28IN3O2. The van der Waals surface area contributed by atoms with E-state index in [9.17, 15) is 5.11 Å². The Kier molecular flexibility index (Phi) is 8.68. The minimum Gasteiger partial charge on any atom is -0.497 e. The molecule has 0 spiro atoms. The van der Waals surface area contributed by atoms with Crippen LogP contribution in [0.5, 0.6) is 5.75 Å². The molecule has 0 saturated heterocycles. The number of ether oxygens (including phenoxy) is 1. The van der Waals surface area contributed by atoms with Crippen molar-refractivity contribution < 1.29 is 9.84 Å². The number of nitrogens with zero attached hydrogens (tertiary/aromatic N) is 1. The third kappa shape index (κ3) is 6.55. The summed E-state index contributed by atoms with van der Waals surface area (Å²) in [6.45, 7) is 3.99. The number of hydrogen-bond acceptors (Lipinski definition) is 3. The zero-order chi connectivity index (χ0) is 15.8. The van der Waals surface area contributed by atoms with Crippen LogP contribution in [0.1, 0.15) is 38.2 Å². The number of halogens is 1. The highest BCUT2D eigenvalue weighted by Gasteiger charge is 2.30. The number of hydrogen-bond donors (Lipinski definition) is 3. The number of methoxy groups -OCH3 is 1. The number of rotatable bonds is 6. The number of guanidine groups is 1. The van der Waals surface area contributed by atoms with Crippen molar-refractivity contribution in [3.05, 3.63) is 29.8 Å². The van der Waals surface area contributed by atoms with Gasteiger partial charge in [0, 0.05) is 13.1 Å². The zero-order valence-electron chi connectivity index (χ0n) is 14.0. The van der Waals surface area contributed by atoms with Crippen LogP contribution in [-0.2, 0) is 6.54 Å². The van der Waals surface area contributed by atoms with E-state index >= 15 is 0 Å². The molecule has 0 amide bonds. The first-order valence-electron chi connectivity index (χ1n) is 8.03. The largest absolute Gasteiger partial charge is 0.497 e. The molecule has 1 aromatic rings. The Hall–Kier alpha value is -1.02. The predicted octanol–water partition coefficient (Wildman–Crippen LogP) is 2.67. The normalized spacial score (nSPS) is 16.6. The van der Waals surface area contributed by atoms with Gasteiger partial charge in [0.15, 0.2) is 5.96 Å². The van der Waals surface area contributed by atoms with Gasteiger partial charge >= 0.3 is 0 Å². The second-order valence-electron chi connectivity index (χ2n) is 5.83. The molecule has 1 aromatic carbocycles. The molecule has 0 radical (unpaired) electrons. The number of aliphatic hydroxyl groups is 1. The maximum atomic E-state index is 10.4. The van der Waals surface area contributed by atoms with E-state index in [-0.39, 0.29) is 24.0 Å². The van der Waals surface area contributed by atoms with Gasteiger partial charge in [-0.1, -0.05) is 25.0 Å². The van der Waals surface area contributed by atoms with Crippen molar-refractivity contribution in [2.24, 2.45) is 4.99 Å². The van der Waals surface area contributed by atoms with Crippen LogP contribution in [0.15, 0.2) is 29.3 Å². The molecule has 6 heteroatoms. The first kappa shape index (κ1) is 20.0. The van der Waals surface area contributed by atoms with Crippen LogP contribution in [0.3, 0.4) is 0 Å². The van der Waals surface area contributed by atoms with E-state index < -0.39 is 5.60 Å². The molecule has 0 aliphatic heterocycles. The monoisotopic (exact) mass is 433 g/mol. The summed E-state index contributed by atoms with van der Waals surface area (Å²) in [5, 5.41) is 16.9. The van der Waals surface area contributed by atoms with Gasteiger partial charge in [-0.25, -0.2) is 4.99 Å². The van der Waals surface area contributed by atoms with E-state index in [0.717, 1.165) is 49.5 Å². The van der Waals surface area contributed by atoms with Crippen LogP contribution >= 0.6 is 24.0 Å². The average molecular weight is 433 g/mol. The summed E-state index contributed by atoms with van der Waals surface area (Å²) in [4.78, 5) is 4.57. The lowest BCUT2D eigenvalue weighted by molar-refractivity contribution is 0.0522. The molecule has 1 aliphatic rings. The Morgan fingerprint density at radius 2 is 1.87 bits per heavy atom. The minimum absolute atomic E-state index is 0. The summed E-state index contributed by atoms with van der Waals surface area (Å²) in [5.41, 5.74) is 0.550. The number of aliphatic imine (C=N–C) groups is 1. The van der Waals surface area contributed by atoms with Gasteiger partial charge in [-0.3, -0.25) is 0 Å². The molecule has 0 heterocycles. The highest BCUT2D eigenvalue weighted by Crippen LogP contribution is 2.28. The molecule has 2 rings (SSSR count). The summed E-state index contributed by atoms with van der Waals surface area (Å²) in [6, 6.07) is 7.89. The lowest BCUT2D eigenvalue weighted by Crippen LogP contribution is -2.46. The van der Waals surface area contributed by atoms with Gasteiger partial charge in [0.1, 0.15) is 5.75 Å². The van der Waals surface area contributed by atoms with Crippen molar-refractivity contribution >= 4 is 29.9 Å². The van der Waals surface area contributed by atoms with Crippen molar-refractivity contribution in [2.45, 2.75) is 44.8 Å². The Bertz CT molecular complexity index is 485. The van der Waals surface area contributed by atoms with Crippen molar-refractivity contribution in [2.75, 3.05) is 20.2 Å². The average Bonchev–Trinajstić information content (AvgIpc) is 2.98. The molecule has 0 bridgehead atoms. The second-order valence-corrected chi connectivity index (χ2v) is 5.83. The Morgan fingerprint density at radius 3 is 2.43 bits per heavy atom. The lowest BCUT2D eigenvalue weighted by atomic mass is 10.0. The highest BCUT2D eigenvalue weighted by molar-refractivity contribution is 14.0. The second kappa shape index (κ2) is 9.97. The van der Waals surface area contributed by atoms with Crippen LogP contribution in [0.4, 0.5) is 0 Å². The molecule has 5 nitrogen and oxygen atoms in total. The molecule has 23 heavy (non-hydrogen) atoms. The van der Waals surface area contributed by atoms with Crippen LogP contribution in [-0.4, -0.2) is 36.9 Å². The van der Waals surface area contributed by atoms with Gasteiger partial charge in [0.2, 0.25) is 0 Å². The van der Waals surface area contributed by atoms with Gasteiger partial charge in [0.05, 0.1) is 19.3 Å². The number of benzene rings is 1. The quantitative estimate of drug-likeness (QED) is 0.367. The van der Waals surface area contributed by atoms with E-state index in [4.69, 9.17) is 4.74 Å². The van der Waals surface area contributed by atoms with Crippen LogP contribution in [0, 0.1) is 0 Å². The summed E-state index contributed by atoms with van der Waals surface area (Å²) in [5.74, 6) is 1.60. The molecule has 3 N–H and O–H groups in total. The summed E-state index contributed by atoms with van der Waals surface area (Å²) < 4.78 is 5.15. The maximum absolute atomic E-state index is 10.4. The van der Waals surface area contributed by atoms with Crippen LogP contribution in [0.2, 0.25) is 0 Å². The fourth-order valence-electron chi connectivity index (χ4n) is 2.70. The first-order valence-corrected chi connectivity index (χ1v) is 8.03. The van der Waals surface area contributed by atoms with Crippen molar-refractivity contribution in [1.82, 2.24) is 10.6 Å². The van der Waals surface area contributed by atoms with Gasteiger partial charge in [-0.15, -0.1) is 24.0 Å². The lowest BCUT2D eigenvalue weighted by Gasteiger charge is -2.23. The van der Waals surface area contributed by atoms with Gasteiger partial charge in [-0.2, -0.15) is 0 Å². The molecule has 1 fully saturated rings. The Morgan fingerprint density at radius 1 is 1.22 bits per heavy atom. The third-order valence-electron chi connectivity index (χ3n) is 4.04. The minimum atomic E-state index is -0.573. The molecule has 0 aromatic heterocycles. The van der Waals surface area contributed by atoms with E-state index in [2.05, 4.69) is 15.6 Å². The summed E-state index contributed by atoms with van der Waals surface area (Å²) >= 11 is 0. The zero-order valence-corrected chi connectivity index (χ0v) is 16.3. The molecular weight excluding hydrogens is 405 g/mol. The van der Waals surface area contributed by atoms with Gasteiger partial charge in [-0.05, 0) is 37.5 Å². The number of nitrogens with one attached hydrogen (secondary N) is 2. The molecule has 0 atom stereocenters. The topological polar surface area (TPSA) is 65.9 Å². The smallest absolute Gasteiger partial charge is 0.191 e. The first-order chi connectivity index (χ1) is 10.6. The van der Waals surface area contributed by atoms with E-state index in [0.29, 0.717) is 13.1 Å².